The van der Waals surface area contributed by atoms with E-state index in [2.05, 4.69) is 23.3 Å². The van der Waals surface area contributed by atoms with Gasteiger partial charge in [-0.15, -0.1) is 0 Å². The van der Waals surface area contributed by atoms with E-state index in [1.165, 1.54) is 5.56 Å². The zero-order valence-electron chi connectivity index (χ0n) is 9.92. The Kier molecular flexibility index (Phi) is 2.48. The van der Waals surface area contributed by atoms with Crippen molar-refractivity contribution in [1.82, 2.24) is 10.3 Å². The summed E-state index contributed by atoms with van der Waals surface area (Å²) in [7, 11) is 0. The van der Waals surface area contributed by atoms with Crippen molar-refractivity contribution in [2.24, 2.45) is 0 Å². The molecule has 2 heterocycles. The van der Waals surface area contributed by atoms with Crippen molar-refractivity contribution >= 4 is 10.9 Å². The third-order valence-electron chi connectivity index (χ3n) is 3.46. The maximum Gasteiger partial charge on any atom is 0.253 e. The average Bonchev–Trinajstić information content (AvgIpc) is 2.82. The highest BCUT2D eigenvalue weighted by Crippen LogP contribution is 2.22. The predicted octanol–water partition coefficient (Wildman–Crippen LogP) is 2.26. The number of rotatable bonds is 1. The molecule has 0 radical (unpaired) electrons. The number of nitrogens with one attached hydrogen (secondary N) is 2. The number of H-pyrrole nitrogens is 1. The van der Waals surface area contributed by atoms with Gasteiger partial charge in [-0.25, -0.2) is 0 Å². The largest absolute Gasteiger partial charge is 0.322 e. The Balaban J connectivity index is 2.18. The fourth-order valence-electron chi connectivity index (χ4n) is 2.55. The van der Waals surface area contributed by atoms with Gasteiger partial charge >= 0.3 is 0 Å². The molecule has 3 heteroatoms. The molecular weight excluding hydrogens is 212 g/mol. The smallest absolute Gasteiger partial charge is 0.253 e. The number of aryl methyl sites for hydroxylation is 1. The molecule has 0 bridgehead atoms. The number of aromatic nitrogens is 1. The first-order valence-electron chi connectivity index (χ1n) is 6.11. The monoisotopic (exact) mass is 228 g/mol. The summed E-state index contributed by atoms with van der Waals surface area (Å²) >= 11 is 0. The van der Waals surface area contributed by atoms with Gasteiger partial charge in [0.25, 0.3) is 5.56 Å². The number of hydrogen-bond donors (Lipinski definition) is 2. The Hall–Kier alpha value is -1.61. The van der Waals surface area contributed by atoms with E-state index < -0.39 is 0 Å². The molecule has 2 N–H and O–H groups in total. The molecule has 1 atom stereocenters. The molecule has 0 spiro atoms. The molecule has 0 amide bonds. The van der Waals surface area contributed by atoms with Gasteiger partial charge in [-0.1, -0.05) is 11.6 Å². The lowest BCUT2D eigenvalue weighted by Gasteiger charge is -2.10. The van der Waals surface area contributed by atoms with Crippen LogP contribution in [-0.4, -0.2) is 11.5 Å². The molecule has 1 aromatic heterocycles. The SMILES string of the molecule is Cc1ccc2[nH]c(=O)c(C3CCCN3)cc2c1. The first-order chi connectivity index (χ1) is 8.24. The number of fused-ring (bicyclic) bond motifs is 1. The van der Waals surface area contributed by atoms with E-state index in [0.717, 1.165) is 35.9 Å². The fourth-order valence-corrected chi connectivity index (χ4v) is 2.55. The van der Waals surface area contributed by atoms with Crippen molar-refractivity contribution in [3.8, 4) is 0 Å². The molecule has 3 nitrogen and oxygen atoms in total. The molecule has 3 rings (SSSR count). The Morgan fingerprint density at radius 2 is 2.18 bits per heavy atom. The normalized spacial score (nSPS) is 19.9. The summed E-state index contributed by atoms with van der Waals surface area (Å²) < 4.78 is 0. The van der Waals surface area contributed by atoms with Crippen LogP contribution in [0.2, 0.25) is 0 Å². The van der Waals surface area contributed by atoms with Crippen LogP contribution in [0.15, 0.2) is 29.1 Å². The van der Waals surface area contributed by atoms with Crippen LogP contribution in [0.1, 0.15) is 30.0 Å². The fraction of sp³-hybridized carbons (Fsp3) is 0.357. The van der Waals surface area contributed by atoms with Crippen LogP contribution in [0.25, 0.3) is 10.9 Å². The summed E-state index contributed by atoms with van der Waals surface area (Å²) in [4.78, 5) is 15.0. The van der Waals surface area contributed by atoms with Gasteiger partial charge in [-0.2, -0.15) is 0 Å². The summed E-state index contributed by atoms with van der Waals surface area (Å²) in [5.74, 6) is 0. The lowest BCUT2D eigenvalue weighted by molar-refractivity contribution is 0.641. The summed E-state index contributed by atoms with van der Waals surface area (Å²) in [5.41, 5.74) is 3.05. The van der Waals surface area contributed by atoms with Crippen LogP contribution in [0, 0.1) is 6.92 Å². The van der Waals surface area contributed by atoms with Crippen molar-refractivity contribution in [2.75, 3.05) is 6.54 Å². The third-order valence-corrected chi connectivity index (χ3v) is 3.46. The van der Waals surface area contributed by atoms with Gasteiger partial charge in [0.05, 0.1) is 0 Å². The summed E-state index contributed by atoms with van der Waals surface area (Å²) in [6, 6.07) is 8.36. The van der Waals surface area contributed by atoms with Crippen LogP contribution in [0.5, 0.6) is 0 Å². The lowest BCUT2D eigenvalue weighted by Crippen LogP contribution is -2.22. The number of pyridine rings is 1. The molecule has 0 saturated carbocycles. The molecule has 0 aliphatic carbocycles. The highest BCUT2D eigenvalue weighted by Gasteiger charge is 2.19. The average molecular weight is 228 g/mol. The number of benzene rings is 1. The molecule has 1 fully saturated rings. The molecule has 2 aromatic rings. The minimum atomic E-state index is 0.0424. The van der Waals surface area contributed by atoms with E-state index in [1.807, 2.05) is 18.2 Å². The van der Waals surface area contributed by atoms with Gasteiger partial charge in [-0.05, 0) is 49.9 Å². The van der Waals surface area contributed by atoms with E-state index >= 15 is 0 Å². The Labute approximate surface area is 99.9 Å². The Morgan fingerprint density at radius 1 is 1.29 bits per heavy atom. The van der Waals surface area contributed by atoms with Crippen LogP contribution < -0.4 is 10.9 Å². The zero-order chi connectivity index (χ0) is 11.8. The topological polar surface area (TPSA) is 44.9 Å². The first-order valence-corrected chi connectivity index (χ1v) is 6.11. The van der Waals surface area contributed by atoms with E-state index in [4.69, 9.17) is 0 Å². The van der Waals surface area contributed by atoms with Gasteiger partial charge < -0.3 is 10.3 Å². The first kappa shape index (κ1) is 10.5. The lowest BCUT2D eigenvalue weighted by atomic mass is 10.0. The minimum Gasteiger partial charge on any atom is -0.322 e. The molecule has 1 aliphatic heterocycles. The van der Waals surface area contributed by atoms with E-state index in [1.54, 1.807) is 0 Å². The van der Waals surface area contributed by atoms with Crippen LogP contribution >= 0.6 is 0 Å². The highest BCUT2D eigenvalue weighted by atomic mass is 16.1. The quantitative estimate of drug-likeness (QED) is 0.786. The van der Waals surface area contributed by atoms with E-state index in [0.29, 0.717) is 0 Å². The van der Waals surface area contributed by atoms with Crippen molar-refractivity contribution in [3.05, 3.63) is 45.7 Å². The molecule has 88 valence electrons. The van der Waals surface area contributed by atoms with Crippen LogP contribution in [0.3, 0.4) is 0 Å². The second-order valence-electron chi connectivity index (χ2n) is 4.79. The second kappa shape index (κ2) is 4.00. The van der Waals surface area contributed by atoms with Gasteiger partial charge in [0.2, 0.25) is 0 Å². The van der Waals surface area contributed by atoms with Crippen LogP contribution in [0.4, 0.5) is 0 Å². The number of hydrogen-bond acceptors (Lipinski definition) is 2. The Morgan fingerprint density at radius 3 is 2.94 bits per heavy atom. The maximum absolute atomic E-state index is 12.0. The van der Waals surface area contributed by atoms with Crippen molar-refractivity contribution in [2.45, 2.75) is 25.8 Å². The summed E-state index contributed by atoms with van der Waals surface area (Å²) in [6.45, 7) is 3.08. The summed E-state index contributed by atoms with van der Waals surface area (Å²) in [6.07, 6.45) is 2.20. The van der Waals surface area contributed by atoms with Crippen molar-refractivity contribution in [3.63, 3.8) is 0 Å². The Bertz CT molecular complexity index is 609. The van der Waals surface area contributed by atoms with E-state index in [9.17, 15) is 4.79 Å². The van der Waals surface area contributed by atoms with Crippen molar-refractivity contribution < 1.29 is 0 Å². The predicted molar refractivity (Wildman–Crippen MR) is 69.3 cm³/mol. The highest BCUT2D eigenvalue weighted by molar-refractivity contribution is 5.79. The van der Waals surface area contributed by atoms with Crippen LogP contribution in [-0.2, 0) is 0 Å². The molecule has 17 heavy (non-hydrogen) atoms. The summed E-state index contributed by atoms with van der Waals surface area (Å²) in [5, 5.41) is 4.49. The van der Waals surface area contributed by atoms with Gasteiger partial charge in [-0.3, -0.25) is 4.79 Å². The molecule has 1 aromatic carbocycles. The van der Waals surface area contributed by atoms with E-state index in [-0.39, 0.29) is 11.6 Å². The molecule has 1 saturated heterocycles. The third kappa shape index (κ3) is 1.87. The molecule has 1 unspecified atom stereocenters. The number of aromatic amines is 1. The van der Waals surface area contributed by atoms with Crippen molar-refractivity contribution in [1.29, 1.82) is 0 Å². The molecular formula is C14H16N2O. The van der Waals surface area contributed by atoms with Gasteiger partial charge in [0.1, 0.15) is 0 Å². The maximum atomic E-state index is 12.0. The molecule has 1 aliphatic rings. The minimum absolute atomic E-state index is 0.0424. The van der Waals surface area contributed by atoms with Gasteiger partial charge in [0.15, 0.2) is 0 Å². The standard InChI is InChI=1S/C14H16N2O/c1-9-4-5-12-10(7-9)8-11(14(17)16-12)13-3-2-6-15-13/h4-5,7-8,13,15H,2-3,6H2,1H3,(H,16,17). The zero-order valence-corrected chi connectivity index (χ0v) is 9.92. The second-order valence-corrected chi connectivity index (χ2v) is 4.79. The van der Waals surface area contributed by atoms with Gasteiger partial charge in [0, 0.05) is 17.1 Å².